The first-order valence-corrected chi connectivity index (χ1v) is 7.91. The molecule has 2 aromatic rings. The summed E-state index contributed by atoms with van der Waals surface area (Å²) in [4.78, 5) is 26.0. The van der Waals surface area contributed by atoms with Gasteiger partial charge >= 0.3 is 0 Å². The molecule has 1 N–H and O–H groups in total. The van der Waals surface area contributed by atoms with Crippen LogP contribution in [0.15, 0.2) is 48.5 Å². The Morgan fingerprint density at radius 1 is 1.08 bits per heavy atom. The molecule has 0 aliphatic carbocycles. The molecular formula is C19H20F2N2O2. The molecule has 0 bridgehead atoms. The van der Waals surface area contributed by atoms with E-state index in [-0.39, 0.29) is 36.2 Å². The molecule has 1 atom stereocenters. The summed E-state index contributed by atoms with van der Waals surface area (Å²) in [6, 6.07) is 11.0. The van der Waals surface area contributed by atoms with E-state index in [1.54, 1.807) is 31.2 Å². The Bertz CT molecular complexity index is 747. The molecule has 0 radical (unpaired) electrons. The van der Waals surface area contributed by atoms with Gasteiger partial charge in [0.15, 0.2) is 0 Å². The highest BCUT2D eigenvalue weighted by atomic mass is 19.1. The Morgan fingerprint density at radius 2 is 1.72 bits per heavy atom. The van der Waals surface area contributed by atoms with E-state index in [0.29, 0.717) is 5.56 Å². The first-order valence-electron chi connectivity index (χ1n) is 7.91. The van der Waals surface area contributed by atoms with Crippen molar-refractivity contribution < 1.29 is 18.4 Å². The zero-order valence-corrected chi connectivity index (χ0v) is 14.1. The molecule has 0 fully saturated rings. The van der Waals surface area contributed by atoms with Crippen molar-refractivity contribution in [2.24, 2.45) is 0 Å². The van der Waals surface area contributed by atoms with Gasteiger partial charge in [0.05, 0.1) is 6.42 Å². The van der Waals surface area contributed by atoms with Crippen LogP contribution < -0.4 is 5.32 Å². The first kappa shape index (κ1) is 18.6. The predicted molar refractivity (Wildman–Crippen MR) is 90.6 cm³/mol. The number of nitrogens with one attached hydrogen (secondary N) is 1. The summed E-state index contributed by atoms with van der Waals surface area (Å²) in [5.41, 5.74) is 0.944. The molecule has 0 aliphatic heterocycles. The van der Waals surface area contributed by atoms with Crippen LogP contribution in [0.4, 0.5) is 8.78 Å². The van der Waals surface area contributed by atoms with Gasteiger partial charge in [-0.1, -0.05) is 30.3 Å². The SMILES string of the molecule is CNC(=O)[C@@H](C)N(Cc1ccc(F)cc1)C(=O)Cc1ccccc1F. The number of hydrogen-bond donors (Lipinski definition) is 1. The van der Waals surface area contributed by atoms with Crippen LogP contribution >= 0.6 is 0 Å². The molecule has 2 rings (SSSR count). The average molecular weight is 346 g/mol. The fraction of sp³-hybridized carbons (Fsp3) is 0.263. The van der Waals surface area contributed by atoms with Crippen molar-refractivity contribution in [2.75, 3.05) is 7.05 Å². The molecule has 4 nitrogen and oxygen atoms in total. The maximum atomic E-state index is 13.8. The molecule has 0 saturated carbocycles. The van der Waals surface area contributed by atoms with Gasteiger partial charge in [-0.25, -0.2) is 8.78 Å². The Kier molecular flexibility index (Phi) is 6.22. The van der Waals surface area contributed by atoms with E-state index < -0.39 is 11.9 Å². The summed E-state index contributed by atoms with van der Waals surface area (Å²) in [6.07, 6.45) is -0.158. The van der Waals surface area contributed by atoms with Crippen molar-refractivity contribution in [3.8, 4) is 0 Å². The van der Waals surface area contributed by atoms with Gasteiger partial charge in [0.25, 0.3) is 0 Å². The molecule has 2 amide bonds. The van der Waals surface area contributed by atoms with Crippen LogP contribution in [0.25, 0.3) is 0 Å². The Labute approximate surface area is 145 Å². The van der Waals surface area contributed by atoms with Crippen LogP contribution in [-0.4, -0.2) is 29.8 Å². The van der Waals surface area contributed by atoms with Gasteiger partial charge < -0.3 is 10.2 Å². The third-order valence-electron chi connectivity index (χ3n) is 3.98. The molecule has 0 spiro atoms. The van der Waals surface area contributed by atoms with Gasteiger partial charge in [0, 0.05) is 13.6 Å². The molecule has 6 heteroatoms. The Balaban J connectivity index is 2.23. The van der Waals surface area contributed by atoms with Crippen LogP contribution in [0.5, 0.6) is 0 Å². The molecule has 132 valence electrons. The van der Waals surface area contributed by atoms with E-state index in [1.165, 1.54) is 36.2 Å². The molecule has 0 aromatic heterocycles. The topological polar surface area (TPSA) is 49.4 Å². The van der Waals surface area contributed by atoms with Crippen LogP contribution in [0.2, 0.25) is 0 Å². The number of halogens is 2. The highest BCUT2D eigenvalue weighted by Gasteiger charge is 2.26. The van der Waals surface area contributed by atoms with Gasteiger partial charge in [0.1, 0.15) is 17.7 Å². The van der Waals surface area contributed by atoms with Crippen LogP contribution in [0.1, 0.15) is 18.1 Å². The van der Waals surface area contributed by atoms with Crippen LogP contribution in [0.3, 0.4) is 0 Å². The Morgan fingerprint density at radius 3 is 2.32 bits per heavy atom. The summed E-state index contributed by atoms with van der Waals surface area (Å²) < 4.78 is 26.9. The van der Waals surface area contributed by atoms with Crippen molar-refractivity contribution in [2.45, 2.75) is 25.9 Å². The quantitative estimate of drug-likeness (QED) is 0.874. The van der Waals surface area contributed by atoms with Crippen LogP contribution in [0, 0.1) is 11.6 Å². The fourth-order valence-corrected chi connectivity index (χ4v) is 2.48. The van der Waals surface area contributed by atoms with Gasteiger partial charge in [-0.15, -0.1) is 0 Å². The first-order chi connectivity index (χ1) is 11.9. The zero-order valence-electron chi connectivity index (χ0n) is 14.1. The number of carbonyl (C=O) groups excluding carboxylic acids is 2. The molecule has 0 heterocycles. The largest absolute Gasteiger partial charge is 0.357 e. The van der Waals surface area contributed by atoms with Crippen molar-refractivity contribution in [1.29, 1.82) is 0 Å². The lowest BCUT2D eigenvalue weighted by molar-refractivity contribution is -0.139. The van der Waals surface area contributed by atoms with E-state index >= 15 is 0 Å². The number of carbonyl (C=O) groups is 2. The smallest absolute Gasteiger partial charge is 0.242 e. The third kappa shape index (κ3) is 4.86. The number of amides is 2. The number of rotatable bonds is 6. The molecule has 0 saturated heterocycles. The van der Waals surface area contributed by atoms with Crippen molar-refractivity contribution in [3.63, 3.8) is 0 Å². The monoisotopic (exact) mass is 346 g/mol. The van der Waals surface area contributed by atoms with E-state index in [2.05, 4.69) is 5.32 Å². The van der Waals surface area contributed by atoms with Gasteiger partial charge in [-0.3, -0.25) is 9.59 Å². The number of likely N-dealkylation sites (N-methyl/N-ethyl adjacent to an activating group) is 1. The maximum absolute atomic E-state index is 13.8. The summed E-state index contributed by atoms with van der Waals surface area (Å²) in [6.45, 7) is 1.73. The molecule has 2 aromatic carbocycles. The lowest BCUT2D eigenvalue weighted by Gasteiger charge is -2.28. The van der Waals surface area contributed by atoms with Gasteiger partial charge in [0.2, 0.25) is 11.8 Å². The lowest BCUT2D eigenvalue weighted by Crippen LogP contribution is -2.47. The summed E-state index contributed by atoms with van der Waals surface area (Å²) in [7, 11) is 1.48. The predicted octanol–water partition coefficient (Wildman–Crippen LogP) is 2.67. The summed E-state index contributed by atoms with van der Waals surface area (Å²) >= 11 is 0. The normalized spacial score (nSPS) is 11.7. The third-order valence-corrected chi connectivity index (χ3v) is 3.98. The molecular weight excluding hydrogens is 326 g/mol. The summed E-state index contributed by atoms with van der Waals surface area (Å²) in [5.74, 6) is -1.56. The summed E-state index contributed by atoms with van der Waals surface area (Å²) in [5, 5.41) is 2.50. The second-order valence-corrected chi connectivity index (χ2v) is 5.71. The zero-order chi connectivity index (χ0) is 18.4. The molecule has 0 aliphatic rings. The van der Waals surface area contributed by atoms with Crippen molar-refractivity contribution >= 4 is 11.8 Å². The maximum Gasteiger partial charge on any atom is 0.242 e. The minimum atomic E-state index is -0.741. The standard InChI is InChI=1S/C19H20F2N2O2/c1-13(19(25)22-2)23(12-14-7-9-16(20)10-8-14)18(24)11-15-5-3-4-6-17(15)21/h3-10,13H,11-12H2,1-2H3,(H,22,25)/t13-/m1/s1. The van der Waals surface area contributed by atoms with Gasteiger partial charge in [-0.05, 0) is 36.2 Å². The van der Waals surface area contributed by atoms with Crippen LogP contribution in [-0.2, 0) is 22.6 Å². The molecule has 0 unspecified atom stereocenters. The number of hydrogen-bond acceptors (Lipinski definition) is 2. The minimum Gasteiger partial charge on any atom is -0.357 e. The highest BCUT2D eigenvalue weighted by molar-refractivity contribution is 5.88. The second kappa shape index (κ2) is 8.37. The highest BCUT2D eigenvalue weighted by Crippen LogP contribution is 2.14. The number of benzene rings is 2. The Hall–Kier alpha value is -2.76. The lowest BCUT2D eigenvalue weighted by atomic mass is 10.1. The molecule has 25 heavy (non-hydrogen) atoms. The average Bonchev–Trinajstić information content (AvgIpc) is 2.61. The van der Waals surface area contributed by atoms with Crippen molar-refractivity contribution in [1.82, 2.24) is 10.2 Å². The van der Waals surface area contributed by atoms with Gasteiger partial charge in [-0.2, -0.15) is 0 Å². The second-order valence-electron chi connectivity index (χ2n) is 5.71. The van der Waals surface area contributed by atoms with E-state index in [0.717, 1.165) is 0 Å². The van der Waals surface area contributed by atoms with E-state index in [9.17, 15) is 18.4 Å². The van der Waals surface area contributed by atoms with E-state index in [4.69, 9.17) is 0 Å². The fourth-order valence-electron chi connectivity index (χ4n) is 2.48. The van der Waals surface area contributed by atoms with E-state index in [1.807, 2.05) is 0 Å². The minimum absolute atomic E-state index is 0.127. The van der Waals surface area contributed by atoms with Crippen molar-refractivity contribution in [3.05, 3.63) is 71.3 Å². The number of nitrogens with zero attached hydrogens (tertiary/aromatic N) is 1.